The molecule has 0 saturated carbocycles. The van der Waals surface area contributed by atoms with Crippen molar-refractivity contribution in [1.29, 1.82) is 0 Å². The molecule has 1 aliphatic heterocycles. The number of ketones is 1. The summed E-state index contributed by atoms with van der Waals surface area (Å²) in [5.41, 5.74) is 3.77. The molecule has 1 aromatic carbocycles. The van der Waals surface area contributed by atoms with Crippen LogP contribution in [0.15, 0.2) is 51.1 Å². The Morgan fingerprint density at radius 3 is 2.96 bits per heavy atom. The van der Waals surface area contributed by atoms with Crippen LogP contribution in [0.1, 0.15) is 36.9 Å². The number of aromatic nitrogens is 3. The molecule has 1 unspecified atom stereocenters. The second-order valence-electron chi connectivity index (χ2n) is 6.66. The van der Waals surface area contributed by atoms with E-state index in [1.165, 1.54) is 6.20 Å². The summed E-state index contributed by atoms with van der Waals surface area (Å²) in [5.74, 6) is 1.37. The van der Waals surface area contributed by atoms with E-state index in [1.807, 2.05) is 24.3 Å². The molecule has 136 valence electrons. The number of carbonyl (C=O) groups excluding carboxylic acids is 1. The molecule has 2 aliphatic rings. The Morgan fingerprint density at radius 1 is 1.26 bits per heavy atom. The lowest BCUT2D eigenvalue weighted by Gasteiger charge is -2.29. The van der Waals surface area contributed by atoms with Gasteiger partial charge >= 0.3 is 0 Å². The fourth-order valence-corrected chi connectivity index (χ4v) is 3.84. The van der Waals surface area contributed by atoms with Crippen molar-refractivity contribution in [3.8, 4) is 0 Å². The molecule has 3 heterocycles. The van der Waals surface area contributed by atoms with E-state index in [0.29, 0.717) is 40.9 Å². The first kappa shape index (κ1) is 16.3. The fraction of sp³-hybridized carbons (Fsp3) is 0.263. The number of nitrogens with zero attached hydrogens (tertiary/aromatic N) is 3. The number of allylic oxidation sites excluding steroid dienone is 1. The normalized spacial score (nSPS) is 19.8. The molecule has 0 spiro atoms. The number of rotatable bonds is 3. The van der Waals surface area contributed by atoms with Gasteiger partial charge < -0.3 is 9.73 Å². The summed E-state index contributed by atoms with van der Waals surface area (Å²) in [6.45, 7) is 0. The number of para-hydroxylation sites is 2. The number of Topliss-reactive ketones (excluding diaryl/α,β-unsaturated/α-hetero) is 1. The number of benzene rings is 1. The van der Waals surface area contributed by atoms with Gasteiger partial charge in [0.15, 0.2) is 11.4 Å². The number of halogens is 1. The largest absolute Gasteiger partial charge is 0.440 e. The van der Waals surface area contributed by atoms with E-state index in [0.717, 1.165) is 29.6 Å². The van der Waals surface area contributed by atoms with Gasteiger partial charge in [0.1, 0.15) is 17.4 Å². The highest BCUT2D eigenvalue weighted by Crippen LogP contribution is 2.38. The number of aromatic amines is 1. The Kier molecular flexibility index (Phi) is 3.82. The third-order valence-electron chi connectivity index (χ3n) is 4.86. The lowest BCUT2D eigenvalue weighted by atomic mass is 9.87. The summed E-state index contributed by atoms with van der Waals surface area (Å²) in [4.78, 5) is 21.8. The summed E-state index contributed by atoms with van der Waals surface area (Å²) in [7, 11) is 0. The minimum Gasteiger partial charge on any atom is -0.440 e. The van der Waals surface area contributed by atoms with Crippen molar-refractivity contribution in [2.24, 2.45) is 4.99 Å². The van der Waals surface area contributed by atoms with Gasteiger partial charge in [0, 0.05) is 17.7 Å². The molecule has 2 N–H and O–H groups in total. The number of nitrogens with one attached hydrogen (secondary N) is 2. The van der Waals surface area contributed by atoms with E-state index in [2.05, 4.69) is 20.5 Å². The third-order valence-corrected chi connectivity index (χ3v) is 5.16. The van der Waals surface area contributed by atoms with Gasteiger partial charge in [-0.05, 0) is 25.0 Å². The van der Waals surface area contributed by atoms with Crippen molar-refractivity contribution < 1.29 is 9.21 Å². The Hall–Kier alpha value is -2.93. The third kappa shape index (κ3) is 2.84. The number of hydrogen-bond donors (Lipinski definition) is 2. The van der Waals surface area contributed by atoms with Gasteiger partial charge in [-0.15, -0.1) is 0 Å². The van der Waals surface area contributed by atoms with E-state index in [9.17, 15) is 4.79 Å². The molecule has 5 rings (SSSR count). The van der Waals surface area contributed by atoms with E-state index in [-0.39, 0.29) is 5.78 Å². The minimum atomic E-state index is -0.483. The molecule has 3 aromatic rings. The van der Waals surface area contributed by atoms with Gasteiger partial charge in [-0.1, -0.05) is 23.7 Å². The SMILES string of the molecule is O=C1CCCC2=C1C(c1[nH]ncc1Cl)N=C(Cc1nc3ccccc3o1)N2. The number of hydrogen-bond acceptors (Lipinski definition) is 6. The molecule has 2 aromatic heterocycles. The summed E-state index contributed by atoms with van der Waals surface area (Å²) >= 11 is 6.27. The molecule has 1 aliphatic carbocycles. The van der Waals surface area contributed by atoms with Crippen LogP contribution in [0.3, 0.4) is 0 Å². The van der Waals surface area contributed by atoms with Crippen molar-refractivity contribution >= 4 is 34.3 Å². The lowest BCUT2D eigenvalue weighted by molar-refractivity contribution is -0.116. The first-order valence-corrected chi connectivity index (χ1v) is 9.20. The van der Waals surface area contributed by atoms with Gasteiger partial charge in [-0.25, -0.2) is 4.98 Å². The van der Waals surface area contributed by atoms with Crippen molar-refractivity contribution in [1.82, 2.24) is 20.5 Å². The van der Waals surface area contributed by atoms with Crippen LogP contribution in [0.25, 0.3) is 11.1 Å². The predicted molar refractivity (Wildman–Crippen MR) is 101 cm³/mol. The maximum Gasteiger partial charge on any atom is 0.203 e. The topological polar surface area (TPSA) is 96.2 Å². The average Bonchev–Trinajstić information content (AvgIpc) is 3.26. The molecule has 1 atom stereocenters. The predicted octanol–water partition coefficient (Wildman–Crippen LogP) is 3.50. The monoisotopic (exact) mass is 381 g/mol. The molecular weight excluding hydrogens is 366 g/mol. The molecule has 0 bridgehead atoms. The van der Waals surface area contributed by atoms with E-state index < -0.39 is 6.04 Å². The van der Waals surface area contributed by atoms with Crippen LogP contribution in [0.4, 0.5) is 0 Å². The Bertz CT molecular complexity index is 1080. The van der Waals surface area contributed by atoms with E-state index >= 15 is 0 Å². The molecule has 0 saturated heterocycles. The highest BCUT2D eigenvalue weighted by molar-refractivity contribution is 6.31. The fourth-order valence-electron chi connectivity index (χ4n) is 3.65. The number of carbonyl (C=O) groups is 1. The van der Waals surface area contributed by atoms with Crippen molar-refractivity contribution in [3.05, 3.63) is 58.3 Å². The van der Waals surface area contributed by atoms with Crippen LogP contribution < -0.4 is 5.32 Å². The van der Waals surface area contributed by atoms with Crippen molar-refractivity contribution in [3.63, 3.8) is 0 Å². The number of fused-ring (bicyclic) bond motifs is 1. The summed E-state index contributed by atoms with van der Waals surface area (Å²) in [6, 6.07) is 7.14. The molecule has 0 fully saturated rings. The number of aliphatic imine (C=N–C) groups is 1. The molecule has 7 nitrogen and oxygen atoms in total. The van der Waals surface area contributed by atoms with Gasteiger partial charge in [0.2, 0.25) is 5.89 Å². The number of oxazole rings is 1. The lowest BCUT2D eigenvalue weighted by Crippen LogP contribution is -2.35. The van der Waals surface area contributed by atoms with Crippen LogP contribution in [0.5, 0.6) is 0 Å². The van der Waals surface area contributed by atoms with Crippen LogP contribution in [0, 0.1) is 0 Å². The summed E-state index contributed by atoms with van der Waals surface area (Å²) < 4.78 is 5.82. The first-order valence-electron chi connectivity index (χ1n) is 8.82. The zero-order valence-corrected chi connectivity index (χ0v) is 15.1. The number of H-pyrrole nitrogens is 1. The Labute approximate surface area is 159 Å². The maximum atomic E-state index is 12.6. The molecule has 0 radical (unpaired) electrons. The first-order chi connectivity index (χ1) is 13.2. The Balaban J connectivity index is 1.53. The van der Waals surface area contributed by atoms with Crippen molar-refractivity contribution in [2.45, 2.75) is 31.7 Å². The summed E-state index contributed by atoms with van der Waals surface area (Å²) in [5, 5.41) is 10.7. The molecule has 8 heteroatoms. The van der Waals surface area contributed by atoms with Crippen LogP contribution in [0.2, 0.25) is 5.02 Å². The van der Waals surface area contributed by atoms with Crippen LogP contribution in [-0.4, -0.2) is 26.8 Å². The molecular formula is C19H16ClN5O2. The van der Waals surface area contributed by atoms with Crippen LogP contribution in [-0.2, 0) is 11.2 Å². The zero-order chi connectivity index (χ0) is 18.4. The zero-order valence-electron chi connectivity index (χ0n) is 14.3. The van der Waals surface area contributed by atoms with Crippen LogP contribution >= 0.6 is 11.6 Å². The van der Waals surface area contributed by atoms with Gasteiger partial charge in [0.05, 0.1) is 23.3 Å². The number of amidine groups is 1. The Morgan fingerprint density at radius 2 is 2.15 bits per heavy atom. The minimum absolute atomic E-state index is 0.101. The quantitative estimate of drug-likeness (QED) is 0.723. The van der Waals surface area contributed by atoms with Crippen molar-refractivity contribution in [2.75, 3.05) is 0 Å². The highest BCUT2D eigenvalue weighted by atomic mass is 35.5. The smallest absolute Gasteiger partial charge is 0.203 e. The summed E-state index contributed by atoms with van der Waals surface area (Å²) in [6.07, 6.45) is 4.09. The van der Waals surface area contributed by atoms with Gasteiger partial charge in [0.25, 0.3) is 0 Å². The van der Waals surface area contributed by atoms with E-state index in [1.54, 1.807) is 0 Å². The molecule has 27 heavy (non-hydrogen) atoms. The second kappa shape index (κ2) is 6.35. The molecule has 0 amide bonds. The second-order valence-corrected chi connectivity index (χ2v) is 7.06. The highest BCUT2D eigenvalue weighted by Gasteiger charge is 2.34. The van der Waals surface area contributed by atoms with E-state index in [4.69, 9.17) is 21.0 Å². The average molecular weight is 382 g/mol. The standard InChI is InChI=1S/C19H16ClN5O2/c20-10-9-21-25-18(10)19-17-12(5-3-6-13(17)26)22-15(24-19)8-16-23-11-4-1-2-7-14(11)27-16/h1-2,4,7,9,19H,3,5-6,8H2,(H,21,25)(H,22,24). The van der Waals surface area contributed by atoms with Gasteiger partial charge in [-0.3, -0.25) is 14.9 Å². The van der Waals surface area contributed by atoms with Gasteiger partial charge in [-0.2, -0.15) is 5.10 Å². The maximum absolute atomic E-state index is 12.6.